The Hall–Kier alpha value is -1.44. The average Bonchev–Trinajstić information content (AvgIpc) is 3.18. The highest BCUT2D eigenvalue weighted by Gasteiger charge is 2.34. The van der Waals surface area contributed by atoms with Crippen molar-refractivity contribution in [2.45, 2.75) is 44.4 Å². The van der Waals surface area contributed by atoms with E-state index in [4.69, 9.17) is 14.5 Å². The lowest BCUT2D eigenvalue weighted by Gasteiger charge is -2.35. The Morgan fingerprint density at radius 1 is 1.48 bits per heavy atom. The van der Waals surface area contributed by atoms with Crippen LogP contribution in [0.5, 0.6) is 0 Å². The summed E-state index contributed by atoms with van der Waals surface area (Å²) in [5, 5.41) is 2.07. The van der Waals surface area contributed by atoms with E-state index in [0.29, 0.717) is 12.5 Å². The number of thiazole rings is 1. The number of hydrogen-bond donors (Lipinski definition) is 0. The molecule has 0 unspecified atom stereocenters. The van der Waals surface area contributed by atoms with E-state index in [-0.39, 0.29) is 12.1 Å². The number of esters is 1. The van der Waals surface area contributed by atoms with Crippen LogP contribution in [0.1, 0.15) is 37.1 Å². The van der Waals surface area contributed by atoms with Gasteiger partial charge in [0.1, 0.15) is 0 Å². The lowest BCUT2D eigenvalue weighted by molar-refractivity contribution is -0.166. The summed E-state index contributed by atoms with van der Waals surface area (Å²) >= 11 is 1.67. The lowest BCUT2D eigenvalue weighted by atomic mass is 10.1. The molecule has 0 spiro atoms. The van der Waals surface area contributed by atoms with Crippen LogP contribution in [-0.4, -0.2) is 52.7 Å². The van der Waals surface area contributed by atoms with Crippen LogP contribution in [0, 0.1) is 0 Å². The summed E-state index contributed by atoms with van der Waals surface area (Å²) in [5.74, 6) is 0.324. The summed E-state index contributed by atoms with van der Waals surface area (Å²) in [6.45, 7) is 4.18. The first kappa shape index (κ1) is 15.1. The van der Waals surface area contributed by atoms with Crippen LogP contribution in [0.15, 0.2) is 11.6 Å². The molecule has 2 aliphatic rings. The Labute approximate surface area is 139 Å². The molecule has 2 aromatic rings. The third kappa shape index (κ3) is 2.88. The first-order valence-corrected chi connectivity index (χ1v) is 8.93. The molecule has 2 aromatic heterocycles. The van der Waals surface area contributed by atoms with E-state index in [2.05, 4.69) is 20.9 Å². The van der Waals surface area contributed by atoms with E-state index in [9.17, 15) is 4.79 Å². The quantitative estimate of drug-likeness (QED) is 0.800. The van der Waals surface area contributed by atoms with Gasteiger partial charge in [0.25, 0.3) is 0 Å². The highest BCUT2D eigenvalue weighted by atomic mass is 32.1. The van der Waals surface area contributed by atoms with Crippen LogP contribution >= 0.6 is 11.3 Å². The molecule has 0 aromatic carbocycles. The Bertz CT molecular complexity index is 721. The number of carbonyl (C=O) groups is 1. The smallest absolute Gasteiger partial charge is 0.336 e. The molecule has 6 nitrogen and oxygen atoms in total. The number of ether oxygens (including phenoxy) is 2. The fourth-order valence-electron chi connectivity index (χ4n) is 3.33. The van der Waals surface area contributed by atoms with Gasteiger partial charge in [0.15, 0.2) is 11.1 Å². The van der Waals surface area contributed by atoms with Gasteiger partial charge in [0.05, 0.1) is 24.6 Å². The topological polar surface area (TPSA) is 56.1 Å². The van der Waals surface area contributed by atoms with E-state index in [1.165, 1.54) is 31.3 Å². The summed E-state index contributed by atoms with van der Waals surface area (Å²) in [7, 11) is 1.41. The molecule has 2 atom stereocenters. The Balaban J connectivity index is 1.58. The number of methoxy groups -OCH3 is 1. The first-order valence-electron chi connectivity index (χ1n) is 8.05. The number of carbonyl (C=O) groups excluding carboxylic acids is 1. The minimum Gasteiger partial charge on any atom is -0.467 e. The third-order valence-corrected chi connectivity index (χ3v) is 5.29. The zero-order valence-electron chi connectivity index (χ0n) is 13.4. The van der Waals surface area contributed by atoms with Gasteiger partial charge >= 0.3 is 5.97 Å². The largest absolute Gasteiger partial charge is 0.467 e. The zero-order valence-corrected chi connectivity index (χ0v) is 14.2. The molecule has 1 saturated carbocycles. The zero-order chi connectivity index (χ0) is 16.0. The lowest BCUT2D eigenvalue weighted by Crippen LogP contribution is -2.49. The van der Waals surface area contributed by atoms with Gasteiger partial charge in [-0.15, -0.1) is 11.3 Å². The van der Waals surface area contributed by atoms with Gasteiger partial charge in [-0.3, -0.25) is 9.30 Å². The number of nitrogens with zero attached hydrogens (tertiary/aromatic N) is 3. The maximum atomic E-state index is 11.8. The van der Waals surface area contributed by atoms with Gasteiger partial charge in [-0.2, -0.15) is 0 Å². The van der Waals surface area contributed by atoms with Crippen molar-refractivity contribution in [3.8, 4) is 0 Å². The number of imidazole rings is 1. The summed E-state index contributed by atoms with van der Waals surface area (Å²) in [6.07, 6.45) is 4.09. The molecule has 1 aliphatic heterocycles. The second-order valence-electron chi connectivity index (χ2n) is 6.43. The number of rotatable bonds is 4. The van der Waals surface area contributed by atoms with Crippen molar-refractivity contribution in [2.75, 3.05) is 20.2 Å². The molecule has 2 fully saturated rings. The van der Waals surface area contributed by atoms with Gasteiger partial charge < -0.3 is 9.47 Å². The van der Waals surface area contributed by atoms with Crippen molar-refractivity contribution in [3.63, 3.8) is 0 Å². The molecule has 0 amide bonds. The molecule has 3 heterocycles. The molecule has 0 bridgehead atoms. The van der Waals surface area contributed by atoms with Crippen LogP contribution in [0.3, 0.4) is 0 Å². The predicted octanol–water partition coefficient (Wildman–Crippen LogP) is 2.04. The van der Waals surface area contributed by atoms with Crippen LogP contribution in [0.2, 0.25) is 0 Å². The molecule has 0 radical (unpaired) electrons. The minimum absolute atomic E-state index is 0.0168. The Morgan fingerprint density at radius 2 is 2.30 bits per heavy atom. The number of hydrogen-bond acceptors (Lipinski definition) is 6. The number of morpholine rings is 1. The van der Waals surface area contributed by atoms with Gasteiger partial charge in [-0.05, 0) is 19.8 Å². The molecular weight excluding hydrogens is 314 g/mol. The van der Waals surface area contributed by atoms with Crippen molar-refractivity contribution >= 4 is 22.3 Å². The first-order chi connectivity index (χ1) is 11.2. The molecule has 4 rings (SSSR count). The van der Waals surface area contributed by atoms with E-state index in [0.717, 1.165) is 18.1 Å². The van der Waals surface area contributed by atoms with E-state index in [1.807, 2.05) is 6.92 Å². The third-order valence-electron chi connectivity index (χ3n) is 4.53. The summed E-state index contributed by atoms with van der Waals surface area (Å²) in [6, 6.07) is 0. The van der Waals surface area contributed by atoms with Crippen LogP contribution in [0.4, 0.5) is 0 Å². The Morgan fingerprint density at radius 3 is 3.04 bits per heavy atom. The van der Waals surface area contributed by atoms with E-state index >= 15 is 0 Å². The SMILES string of the molecule is COC(=O)[C@@H]1CN(Cc2c(C3CC3)nc3sccn23)C[C@@H](C)O1. The molecule has 1 saturated heterocycles. The van der Waals surface area contributed by atoms with Crippen molar-refractivity contribution in [1.29, 1.82) is 0 Å². The minimum atomic E-state index is -0.501. The number of fused-ring (bicyclic) bond motifs is 1. The van der Waals surface area contributed by atoms with Crippen molar-refractivity contribution in [1.82, 2.24) is 14.3 Å². The highest BCUT2D eigenvalue weighted by Crippen LogP contribution is 2.42. The predicted molar refractivity (Wildman–Crippen MR) is 86.7 cm³/mol. The van der Waals surface area contributed by atoms with E-state index in [1.54, 1.807) is 11.3 Å². The fraction of sp³-hybridized carbons (Fsp3) is 0.625. The van der Waals surface area contributed by atoms with Crippen molar-refractivity contribution in [3.05, 3.63) is 23.0 Å². The Kier molecular flexibility index (Phi) is 3.87. The van der Waals surface area contributed by atoms with Crippen LogP contribution in [0.25, 0.3) is 4.96 Å². The molecule has 7 heteroatoms. The van der Waals surface area contributed by atoms with Crippen LogP contribution < -0.4 is 0 Å². The second-order valence-corrected chi connectivity index (χ2v) is 7.30. The van der Waals surface area contributed by atoms with Gasteiger partial charge in [-0.1, -0.05) is 0 Å². The standard InChI is InChI=1S/C16H21N3O3S/c1-10-7-18(9-13(22-10)15(20)21-2)8-12-14(11-3-4-11)17-16-19(12)5-6-23-16/h5-6,10-11,13H,3-4,7-9H2,1-2H3/t10-,13+/m1/s1. The monoisotopic (exact) mass is 335 g/mol. The maximum absolute atomic E-state index is 11.8. The van der Waals surface area contributed by atoms with E-state index < -0.39 is 6.10 Å². The fourth-order valence-corrected chi connectivity index (χ4v) is 4.07. The molecule has 0 N–H and O–H groups in total. The van der Waals surface area contributed by atoms with Crippen molar-refractivity contribution in [2.24, 2.45) is 0 Å². The maximum Gasteiger partial charge on any atom is 0.336 e. The van der Waals surface area contributed by atoms with Crippen LogP contribution in [-0.2, 0) is 20.8 Å². The normalized spacial score (nSPS) is 25.8. The molecule has 1 aliphatic carbocycles. The number of aromatic nitrogens is 2. The second kappa shape index (κ2) is 5.89. The summed E-state index contributed by atoms with van der Waals surface area (Å²) < 4.78 is 12.8. The molecule has 124 valence electrons. The van der Waals surface area contributed by atoms with Gasteiger partial charge in [-0.25, -0.2) is 9.78 Å². The molecule has 23 heavy (non-hydrogen) atoms. The highest BCUT2D eigenvalue weighted by molar-refractivity contribution is 7.15. The summed E-state index contributed by atoms with van der Waals surface area (Å²) in [4.78, 5) is 20.0. The van der Waals surface area contributed by atoms with Gasteiger partial charge in [0, 0.05) is 37.1 Å². The molecular formula is C16H21N3O3S. The van der Waals surface area contributed by atoms with Crippen molar-refractivity contribution < 1.29 is 14.3 Å². The summed E-state index contributed by atoms with van der Waals surface area (Å²) in [5.41, 5.74) is 2.51. The van der Waals surface area contributed by atoms with Gasteiger partial charge in [0.2, 0.25) is 0 Å². The average molecular weight is 335 g/mol.